The average molecular weight is 278 g/mol. The Morgan fingerprint density at radius 2 is 1.95 bits per heavy atom. The number of nitrogens with two attached hydrogens (primary N) is 1. The van der Waals surface area contributed by atoms with Crippen LogP contribution >= 0.6 is 0 Å². The van der Waals surface area contributed by atoms with Gasteiger partial charge in [0.2, 0.25) is 5.91 Å². The molecule has 110 valence electrons. The Balaban J connectivity index is 2.59. The zero-order valence-corrected chi connectivity index (χ0v) is 11.7. The van der Waals surface area contributed by atoms with E-state index < -0.39 is 12.0 Å². The Hall–Kier alpha value is -1.88. The topological polar surface area (TPSA) is 92.4 Å². The molecule has 1 rings (SSSR count). The summed E-state index contributed by atoms with van der Waals surface area (Å²) in [6, 6.07) is 8.36. The van der Waals surface area contributed by atoms with E-state index in [-0.39, 0.29) is 18.2 Å². The maximum Gasteiger partial charge on any atom is 0.326 e. The summed E-state index contributed by atoms with van der Waals surface area (Å²) in [4.78, 5) is 23.2. The number of carbonyl (C=O) groups excluding carboxylic acids is 1. The number of benzene rings is 1. The molecular weight excluding hydrogens is 256 g/mol. The van der Waals surface area contributed by atoms with Gasteiger partial charge in [0.15, 0.2) is 0 Å². The highest BCUT2D eigenvalue weighted by Gasteiger charge is 2.22. The second kappa shape index (κ2) is 8.32. The first-order valence-corrected chi connectivity index (χ1v) is 6.81. The number of aliphatic carboxylic acids is 1. The van der Waals surface area contributed by atoms with Crippen molar-refractivity contribution < 1.29 is 14.7 Å². The zero-order chi connectivity index (χ0) is 15.0. The Kier molecular flexibility index (Phi) is 6.73. The van der Waals surface area contributed by atoms with Gasteiger partial charge in [0.1, 0.15) is 6.04 Å². The summed E-state index contributed by atoms with van der Waals surface area (Å²) in [5.74, 6) is -1.48. The van der Waals surface area contributed by atoms with Crippen LogP contribution in [-0.4, -0.2) is 29.6 Å². The molecule has 0 aliphatic heterocycles. The molecule has 0 spiro atoms. The maximum atomic E-state index is 11.9. The number of rotatable bonds is 8. The Morgan fingerprint density at radius 1 is 1.30 bits per heavy atom. The molecule has 2 atom stereocenters. The zero-order valence-electron chi connectivity index (χ0n) is 11.7. The van der Waals surface area contributed by atoms with Gasteiger partial charge in [-0.1, -0.05) is 37.3 Å². The molecule has 4 N–H and O–H groups in total. The van der Waals surface area contributed by atoms with Gasteiger partial charge in [0.05, 0.1) is 0 Å². The van der Waals surface area contributed by atoms with Gasteiger partial charge in [-0.3, -0.25) is 4.79 Å². The second-order valence-electron chi connectivity index (χ2n) is 4.92. The summed E-state index contributed by atoms with van der Waals surface area (Å²) < 4.78 is 0. The summed E-state index contributed by atoms with van der Waals surface area (Å²) in [6.07, 6.45) is 1.70. The molecule has 1 aromatic carbocycles. The highest BCUT2D eigenvalue weighted by Crippen LogP contribution is 2.08. The summed E-state index contributed by atoms with van der Waals surface area (Å²) in [7, 11) is 0. The molecule has 20 heavy (non-hydrogen) atoms. The largest absolute Gasteiger partial charge is 0.480 e. The van der Waals surface area contributed by atoms with E-state index >= 15 is 0 Å². The van der Waals surface area contributed by atoms with Crippen LogP contribution in [0.25, 0.3) is 0 Å². The molecule has 5 heteroatoms. The SMILES string of the molecule is CC(CCCN)C(=O)N[C@H](Cc1ccccc1)C(=O)O. The molecule has 0 fully saturated rings. The molecule has 5 nitrogen and oxygen atoms in total. The van der Waals surface area contributed by atoms with Crippen molar-refractivity contribution in [3.63, 3.8) is 0 Å². The molecular formula is C15H22N2O3. The molecule has 0 saturated heterocycles. The van der Waals surface area contributed by atoms with Crippen molar-refractivity contribution in [1.82, 2.24) is 5.32 Å². The molecule has 0 aliphatic rings. The third-order valence-corrected chi connectivity index (χ3v) is 3.19. The predicted octanol–water partition coefficient (Wildman–Crippen LogP) is 1.17. The molecule has 0 aliphatic carbocycles. The van der Waals surface area contributed by atoms with Gasteiger partial charge in [-0.15, -0.1) is 0 Å². The fourth-order valence-corrected chi connectivity index (χ4v) is 1.92. The number of nitrogens with one attached hydrogen (secondary N) is 1. The van der Waals surface area contributed by atoms with Crippen LogP contribution in [0.4, 0.5) is 0 Å². The van der Waals surface area contributed by atoms with Crippen LogP contribution in [0, 0.1) is 5.92 Å². The van der Waals surface area contributed by atoms with Crippen molar-refractivity contribution in [2.24, 2.45) is 11.7 Å². The van der Waals surface area contributed by atoms with Crippen LogP contribution in [0.15, 0.2) is 30.3 Å². The van der Waals surface area contributed by atoms with Gasteiger partial charge < -0.3 is 16.2 Å². The molecule has 0 bridgehead atoms. The first kappa shape index (κ1) is 16.2. The number of carbonyl (C=O) groups is 2. The van der Waals surface area contributed by atoms with Crippen LogP contribution in [0.3, 0.4) is 0 Å². The van der Waals surface area contributed by atoms with Crippen LogP contribution in [0.5, 0.6) is 0 Å². The van der Waals surface area contributed by atoms with E-state index in [2.05, 4.69) is 5.32 Å². The molecule has 0 heterocycles. The lowest BCUT2D eigenvalue weighted by Gasteiger charge is -2.17. The van der Waals surface area contributed by atoms with Crippen molar-refractivity contribution >= 4 is 11.9 Å². The summed E-state index contributed by atoms with van der Waals surface area (Å²) in [5, 5.41) is 11.8. The van der Waals surface area contributed by atoms with E-state index in [1.807, 2.05) is 30.3 Å². The average Bonchev–Trinajstić information content (AvgIpc) is 2.44. The molecule has 0 aromatic heterocycles. The number of hydrogen-bond acceptors (Lipinski definition) is 3. The van der Waals surface area contributed by atoms with Crippen molar-refractivity contribution in [3.8, 4) is 0 Å². The summed E-state index contributed by atoms with van der Waals surface area (Å²) in [6.45, 7) is 2.32. The Labute approximate surface area is 119 Å². The first-order valence-electron chi connectivity index (χ1n) is 6.81. The van der Waals surface area contributed by atoms with Crippen LogP contribution in [0.2, 0.25) is 0 Å². The fourth-order valence-electron chi connectivity index (χ4n) is 1.92. The minimum absolute atomic E-state index is 0.226. The van der Waals surface area contributed by atoms with Crippen molar-refractivity contribution in [1.29, 1.82) is 0 Å². The quantitative estimate of drug-likeness (QED) is 0.665. The third-order valence-electron chi connectivity index (χ3n) is 3.19. The van der Waals surface area contributed by atoms with Gasteiger partial charge >= 0.3 is 5.97 Å². The number of carboxylic acids is 1. The highest BCUT2D eigenvalue weighted by atomic mass is 16.4. The van der Waals surface area contributed by atoms with Gasteiger partial charge in [0, 0.05) is 12.3 Å². The third kappa shape index (κ3) is 5.40. The lowest BCUT2D eigenvalue weighted by atomic mass is 10.0. The van der Waals surface area contributed by atoms with Crippen molar-refractivity contribution in [3.05, 3.63) is 35.9 Å². The van der Waals surface area contributed by atoms with Gasteiger partial charge in [-0.25, -0.2) is 4.79 Å². The summed E-state index contributed by atoms with van der Waals surface area (Å²) in [5.41, 5.74) is 6.29. The Morgan fingerprint density at radius 3 is 2.50 bits per heavy atom. The van der Waals surface area contributed by atoms with Crippen molar-refractivity contribution in [2.75, 3.05) is 6.54 Å². The standard InChI is InChI=1S/C15H22N2O3/c1-11(6-5-9-16)14(18)17-13(15(19)20)10-12-7-3-2-4-8-12/h2-4,7-8,11,13H,5-6,9-10,16H2,1H3,(H,17,18)(H,19,20)/t11?,13-/m1/s1. The smallest absolute Gasteiger partial charge is 0.326 e. The lowest BCUT2D eigenvalue weighted by molar-refractivity contribution is -0.142. The van der Waals surface area contributed by atoms with E-state index in [9.17, 15) is 14.7 Å². The number of hydrogen-bond donors (Lipinski definition) is 3. The van der Waals surface area contributed by atoms with E-state index in [4.69, 9.17) is 5.73 Å². The highest BCUT2D eigenvalue weighted by molar-refractivity contribution is 5.84. The second-order valence-corrected chi connectivity index (χ2v) is 4.92. The molecule has 0 saturated carbocycles. The molecule has 1 aromatic rings. The number of amides is 1. The summed E-state index contributed by atoms with van der Waals surface area (Å²) >= 11 is 0. The fraction of sp³-hybridized carbons (Fsp3) is 0.467. The first-order chi connectivity index (χ1) is 9.54. The minimum Gasteiger partial charge on any atom is -0.480 e. The molecule has 1 unspecified atom stereocenters. The van der Waals surface area contributed by atoms with Gasteiger partial charge in [-0.05, 0) is 24.9 Å². The van der Waals surface area contributed by atoms with E-state index in [1.54, 1.807) is 6.92 Å². The van der Waals surface area contributed by atoms with E-state index in [0.717, 1.165) is 12.0 Å². The number of carboxylic acid groups (broad SMARTS) is 1. The van der Waals surface area contributed by atoms with Crippen LogP contribution in [-0.2, 0) is 16.0 Å². The van der Waals surface area contributed by atoms with E-state index in [1.165, 1.54) is 0 Å². The Bertz CT molecular complexity index is 434. The normalized spacial score (nSPS) is 13.5. The minimum atomic E-state index is -1.02. The van der Waals surface area contributed by atoms with Crippen LogP contribution < -0.4 is 11.1 Å². The molecule has 1 amide bonds. The van der Waals surface area contributed by atoms with Crippen LogP contribution in [0.1, 0.15) is 25.3 Å². The van der Waals surface area contributed by atoms with Gasteiger partial charge in [-0.2, -0.15) is 0 Å². The van der Waals surface area contributed by atoms with Crippen molar-refractivity contribution in [2.45, 2.75) is 32.2 Å². The lowest BCUT2D eigenvalue weighted by Crippen LogP contribution is -2.44. The molecule has 0 radical (unpaired) electrons. The van der Waals surface area contributed by atoms with E-state index in [0.29, 0.717) is 13.0 Å². The monoisotopic (exact) mass is 278 g/mol. The maximum absolute atomic E-state index is 11.9. The predicted molar refractivity (Wildman–Crippen MR) is 77.2 cm³/mol. The van der Waals surface area contributed by atoms with Gasteiger partial charge in [0.25, 0.3) is 0 Å².